The highest BCUT2D eigenvalue weighted by Crippen LogP contribution is 2.19. The lowest BCUT2D eigenvalue weighted by atomic mass is 10.2. The second-order valence-electron chi connectivity index (χ2n) is 3.63. The molecule has 94 valence electrons. The number of nitrogens with two attached hydrogens (primary N) is 1. The molecule has 2 rings (SSSR count). The fourth-order valence-electron chi connectivity index (χ4n) is 1.34. The van der Waals surface area contributed by atoms with Gasteiger partial charge in [0.05, 0.1) is 11.9 Å². The lowest BCUT2D eigenvalue weighted by Crippen LogP contribution is -2.27. The van der Waals surface area contributed by atoms with Crippen molar-refractivity contribution in [1.29, 1.82) is 0 Å². The van der Waals surface area contributed by atoms with Gasteiger partial charge in [-0.25, -0.2) is 4.98 Å². The molecule has 0 aliphatic rings. The number of amides is 1. The number of nitrogen functional groups attached to an aromatic ring is 1. The minimum atomic E-state index is -0.0250. The summed E-state index contributed by atoms with van der Waals surface area (Å²) in [5.74, 6) is 0.254. The fourth-order valence-corrected chi connectivity index (χ4v) is 2.04. The monoisotopic (exact) mass is 263 g/mol. The van der Waals surface area contributed by atoms with Crippen molar-refractivity contribution in [3.8, 4) is 0 Å². The summed E-state index contributed by atoms with van der Waals surface area (Å²) < 4.78 is 5.05. The molecule has 0 fully saturated rings. The zero-order valence-corrected chi connectivity index (χ0v) is 10.7. The maximum Gasteiger partial charge on any atom is 0.256 e. The van der Waals surface area contributed by atoms with Crippen LogP contribution in [-0.4, -0.2) is 23.7 Å². The number of hydrogen-bond donors (Lipinski definition) is 1. The Morgan fingerprint density at radius 3 is 2.78 bits per heavy atom. The van der Waals surface area contributed by atoms with Gasteiger partial charge >= 0.3 is 0 Å². The molecule has 1 amide bonds. The van der Waals surface area contributed by atoms with Crippen LogP contribution in [0.2, 0.25) is 0 Å². The molecule has 0 atom stereocenters. The number of nitrogens with zero attached hydrogens (tertiary/aromatic N) is 2. The zero-order chi connectivity index (χ0) is 13.0. The van der Waals surface area contributed by atoms with E-state index in [-0.39, 0.29) is 11.7 Å². The number of hydrogen-bond acceptors (Lipinski definition) is 5. The van der Waals surface area contributed by atoms with Gasteiger partial charge in [0.15, 0.2) is 0 Å². The van der Waals surface area contributed by atoms with E-state index in [4.69, 9.17) is 10.2 Å². The minimum absolute atomic E-state index is 0.0250. The van der Waals surface area contributed by atoms with Crippen LogP contribution in [0.15, 0.2) is 46.4 Å². The molecule has 1 aromatic heterocycles. The first-order valence-corrected chi connectivity index (χ1v) is 6.30. The molecule has 0 saturated heterocycles. The standard InChI is InChI=1S/C12H13N3O2S/c1-15(10-4-2-9(13)3-5-10)11(16)8-18-12-14-6-7-17-12/h2-7H,8,13H2,1H3. The van der Waals surface area contributed by atoms with E-state index >= 15 is 0 Å². The van der Waals surface area contributed by atoms with Gasteiger partial charge in [-0.05, 0) is 24.3 Å². The maximum absolute atomic E-state index is 11.9. The molecule has 18 heavy (non-hydrogen) atoms. The number of aromatic nitrogens is 1. The van der Waals surface area contributed by atoms with E-state index < -0.39 is 0 Å². The summed E-state index contributed by atoms with van der Waals surface area (Å²) >= 11 is 1.27. The summed E-state index contributed by atoms with van der Waals surface area (Å²) in [7, 11) is 1.73. The molecule has 2 aromatic rings. The van der Waals surface area contributed by atoms with E-state index in [0.29, 0.717) is 10.9 Å². The molecular weight excluding hydrogens is 250 g/mol. The van der Waals surface area contributed by atoms with Crippen LogP contribution in [0.5, 0.6) is 0 Å². The highest BCUT2D eigenvalue weighted by molar-refractivity contribution is 7.99. The van der Waals surface area contributed by atoms with Crippen molar-refractivity contribution in [2.24, 2.45) is 0 Å². The maximum atomic E-state index is 11.9. The van der Waals surface area contributed by atoms with Crippen LogP contribution in [-0.2, 0) is 4.79 Å². The summed E-state index contributed by atoms with van der Waals surface area (Å²) in [6.45, 7) is 0. The van der Waals surface area contributed by atoms with E-state index in [0.717, 1.165) is 5.69 Å². The predicted molar refractivity (Wildman–Crippen MR) is 71.5 cm³/mol. The SMILES string of the molecule is CN(C(=O)CSc1ncco1)c1ccc(N)cc1. The van der Waals surface area contributed by atoms with E-state index in [1.54, 1.807) is 30.3 Å². The molecule has 0 saturated carbocycles. The van der Waals surface area contributed by atoms with E-state index in [1.807, 2.05) is 12.1 Å². The van der Waals surface area contributed by atoms with E-state index in [9.17, 15) is 4.79 Å². The largest absolute Gasteiger partial charge is 0.440 e. The lowest BCUT2D eigenvalue weighted by Gasteiger charge is -2.16. The van der Waals surface area contributed by atoms with Gasteiger partial charge in [-0.15, -0.1) is 0 Å². The highest BCUT2D eigenvalue weighted by atomic mass is 32.2. The van der Waals surface area contributed by atoms with Crippen LogP contribution in [0.4, 0.5) is 11.4 Å². The van der Waals surface area contributed by atoms with Crippen molar-refractivity contribution in [2.75, 3.05) is 23.4 Å². The summed E-state index contributed by atoms with van der Waals surface area (Å²) in [6.07, 6.45) is 3.03. The van der Waals surface area contributed by atoms with Crippen LogP contribution in [0.1, 0.15) is 0 Å². The molecule has 0 aliphatic heterocycles. The Morgan fingerprint density at radius 1 is 1.44 bits per heavy atom. The second kappa shape index (κ2) is 5.59. The van der Waals surface area contributed by atoms with Crippen molar-refractivity contribution < 1.29 is 9.21 Å². The normalized spacial score (nSPS) is 10.3. The van der Waals surface area contributed by atoms with Gasteiger partial charge in [0.2, 0.25) is 5.91 Å². The first-order chi connectivity index (χ1) is 8.66. The number of benzene rings is 1. The first kappa shape index (κ1) is 12.5. The Hall–Kier alpha value is -1.95. The Morgan fingerprint density at radius 2 is 2.17 bits per heavy atom. The first-order valence-electron chi connectivity index (χ1n) is 5.31. The van der Waals surface area contributed by atoms with Crippen LogP contribution < -0.4 is 10.6 Å². The Bertz CT molecular complexity index is 511. The summed E-state index contributed by atoms with van der Waals surface area (Å²) in [4.78, 5) is 17.4. The molecule has 5 nitrogen and oxygen atoms in total. The Balaban J connectivity index is 1.94. The van der Waals surface area contributed by atoms with Gasteiger partial charge in [0.25, 0.3) is 5.22 Å². The molecule has 0 unspecified atom stereocenters. The smallest absolute Gasteiger partial charge is 0.256 e. The molecule has 1 heterocycles. The third-order valence-electron chi connectivity index (χ3n) is 2.38. The second-order valence-corrected chi connectivity index (χ2v) is 4.56. The number of carbonyl (C=O) groups excluding carboxylic acids is 1. The van der Waals surface area contributed by atoms with Crippen molar-refractivity contribution in [2.45, 2.75) is 5.22 Å². The van der Waals surface area contributed by atoms with Gasteiger partial charge in [-0.1, -0.05) is 11.8 Å². The number of anilines is 2. The lowest BCUT2D eigenvalue weighted by molar-refractivity contribution is -0.115. The van der Waals surface area contributed by atoms with Crippen LogP contribution in [0.25, 0.3) is 0 Å². The van der Waals surface area contributed by atoms with E-state index in [1.165, 1.54) is 18.0 Å². The van der Waals surface area contributed by atoms with Gasteiger partial charge in [-0.2, -0.15) is 0 Å². The van der Waals surface area contributed by atoms with Crippen molar-refractivity contribution >= 4 is 29.0 Å². The number of oxazole rings is 1. The third kappa shape index (κ3) is 3.04. The number of carbonyl (C=O) groups is 1. The third-order valence-corrected chi connectivity index (χ3v) is 3.22. The van der Waals surface area contributed by atoms with Crippen LogP contribution in [0, 0.1) is 0 Å². The van der Waals surface area contributed by atoms with Gasteiger partial charge in [0, 0.05) is 18.4 Å². The topological polar surface area (TPSA) is 72.4 Å². The van der Waals surface area contributed by atoms with Crippen LogP contribution in [0.3, 0.4) is 0 Å². The van der Waals surface area contributed by atoms with Crippen molar-refractivity contribution in [3.05, 3.63) is 36.7 Å². The molecule has 0 bridgehead atoms. The van der Waals surface area contributed by atoms with Crippen molar-refractivity contribution in [3.63, 3.8) is 0 Å². The summed E-state index contributed by atoms with van der Waals surface area (Å²) in [5.41, 5.74) is 7.08. The fraction of sp³-hybridized carbons (Fsp3) is 0.167. The minimum Gasteiger partial charge on any atom is -0.440 e. The summed E-state index contributed by atoms with van der Waals surface area (Å²) in [5, 5.41) is 0.494. The molecule has 6 heteroatoms. The quantitative estimate of drug-likeness (QED) is 0.675. The van der Waals surface area contributed by atoms with Gasteiger partial charge < -0.3 is 15.1 Å². The molecule has 1 aromatic carbocycles. The Kier molecular flexibility index (Phi) is 3.88. The molecule has 0 spiro atoms. The Labute approximate surface area is 109 Å². The van der Waals surface area contributed by atoms with Gasteiger partial charge in [0.1, 0.15) is 6.26 Å². The highest BCUT2D eigenvalue weighted by Gasteiger charge is 2.12. The van der Waals surface area contributed by atoms with Gasteiger partial charge in [-0.3, -0.25) is 4.79 Å². The number of rotatable bonds is 4. The molecule has 2 N–H and O–H groups in total. The molecule has 0 radical (unpaired) electrons. The molecule has 0 aliphatic carbocycles. The summed E-state index contributed by atoms with van der Waals surface area (Å²) in [6, 6.07) is 7.15. The average molecular weight is 263 g/mol. The van der Waals surface area contributed by atoms with Crippen LogP contribution >= 0.6 is 11.8 Å². The van der Waals surface area contributed by atoms with E-state index in [2.05, 4.69) is 4.98 Å². The zero-order valence-electron chi connectivity index (χ0n) is 9.87. The molecular formula is C12H13N3O2S. The number of thioether (sulfide) groups is 1. The van der Waals surface area contributed by atoms with Crippen molar-refractivity contribution in [1.82, 2.24) is 4.98 Å². The predicted octanol–water partition coefficient (Wildman–Crippen LogP) is 2.01. The average Bonchev–Trinajstić information content (AvgIpc) is 2.89.